The van der Waals surface area contributed by atoms with Gasteiger partial charge < -0.3 is 4.74 Å². The minimum absolute atomic E-state index is 0.0718. The molecular formula is C14H14Cl2OS. The fourth-order valence-corrected chi connectivity index (χ4v) is 3.36. The number of hydrogen-bond donors (Lipinski definition) is 0. The number of halogens is 2. The Labute approximate surface area is 121 Å². The highest BCUT2D eigenvalue weighted by molar-refractivity contribution is 7.16. The Balaban J connectivity index is 2.18. The number of ether oxygens (including phenoxy) is 1. The maximum absolute atomic E-state index is 6.45. The van der Waals surface area contributed by atoms with Gasteiger partial charge >= 0.3 is 0 Å². The SMILES string of the molecule is COc1ccccc1CC(Cl)c1cc(C)c(Cl)s1. The second-order valence-electron chi connectivity index (χ2n) is 4.09. The van der Waals surface area contributed by atoms with Gasteiger partial charge in [0.15, 0.2) is 0 Å². The number of rotatable bonds is 4. The Morgan fingerprint density at radius 3 is 2.67 bits per heavy atom. The third-order valence-electron chi connectivity index (χ3n) is 2.78. The van der Waals surface area contributed by atoms with E-state index in [0.717, 1.165) is 32.5 Å². The molecule has 0 aliphatic carbocycles. The first-order valence-corrected chi connectivity index (χ1v) is 7.26. The first-order chi connectivity index (χ1) is 8.61. The lowest BCUT2D eigenvalue weighted by Gasteiger charge is -2.11. The zero-order chi connectivity index (χ0) is 13.1. The van der Waals surface area contributed by atoms with Gasteiger partial charge in [0.2, 0.25) is 0 Å². The number of para-hydroxylation sites is 1. The maximum atomic E-state index is 6.45. The molecule has 0 aliphatic rings. The van der Waals surface area contributed by atoms with Crippen LogP contribution in [0.1, 0.15) is 21.4 Å². The largest absolute Gasteiger partial charge is 0.496 e. The summed E-state index contributed by atoms with van der Waals surface area (Å²) in [5.41, 5.74) is 2.20. The van der Waals surface area contributed by atoms with Crippen molar-refractivity contribution in [2.75, 3.05) is 7.11 Å². The number of methoxy groups -OCH3 is 1. The fraction of sp³-hybridized carbons (Fsp3) is 0.286. The predicted octanol–water partition coefficient (Wildman–Crippen LogP) is 5.24. The first kappa shape index (κ1) is 13.7. The van der Waals surface area contributed by atoms with E-state index in [-0.39, 0.29) is 5.38 Å². The molecule has 0 amide bonds. The summed E-state index contributed by atoms with van der Waals surface area (Å²) in [5, 5.41) is -0.0718. The van der Waals surface area contributed by atoms with Gasteiger partial charge in [0.05, 0.1) is 16.8 Å². The van der Waals surface area contributed by atoms with Crippen molar-refractivity contribution in [3.8, 4) is 5.75 Å². The van der Waals surface area contributed by atoms with Crippen LogP contribution >= 0.6 is 34.5 Å². The van der Waals surface area contributed by atoms with E-state index in [9.17, 15) is 0 Å². The van der Waals surface area contributed by atoms with Gasteiger partial charge in [-0.05, 0) is 36.6 Å². The number of benzene rings is 1. The highest BCUT2D eigenvalue weighted by Crippen LogP contribution is 2.36. The van der Waals surface area contributed by atoms with E-state index in [4.69, 9.17) is 27.9 Å². The third kappa shape index (κ3) is 3.00. The maximum Gasteiger partial charge on any atom is 0.122 e. The van der Waals surface area contributed by atoms with Crippen LogP contribution in [0.4, 0.5) is 0 Å². The molecule has 1 aromatic carbocycles. The molecule has 1 heterocycles. The smallest absolute Gasteiger partial charge is 0.122 e. The summed E-state index contributed by atoms with van der Waals surface area (Å²) in [6, 6.07) is 9.99. The van der Waals surface area contributed by atoms with E-state index >= 15 is 0 Å². The van der Waals surface area contributed by atoms with Crippen molar-refractivity contribution in [2.45, 2.75) is 18.7 Å². The minimum Gasteiger partial charge on any atom is -0.496 e. The van der Waals surface area contributed by atoms with Gasteiger partial charge in [-0.1, -0.05) is 29.8 Å². The topological polar surface area (TPSA) is 9.23 Å². The second kappa shape index (κ2) is 5.96. The summed E-state index contributed by atoms with van der Waals surface area (Å²) in [7, 11) is 1.67. The van der Waals surface area contributed by atoms with Gasteiger partial charge in [-0.3, -0.25) is 0 Å². The van der Waals surface area contributed by atoms with Crippen LogP contribution in [-0.2, 0) is 6.42 Å². The molecule has 2 rings (SSSR count). The highest BCUT2D eigenvalue weighted by atomic mass is 35.5. The highest BCUT2D eigenvalue weighted by Gasteiger charge is 2.15. The van der Waals surface area contributed by atoms with Gasteiger partial charge in [0, 0.05) is 4.88 Å². The van der Waals surface area contributed by atoms with Gasteiger partial charge in [0.1, 0.15) is 5.75 Å². The van der Waals surface area contributed by atoms with Crippen molar-refractivity contribution in [3.05, 3.63) is 50.7 Å². The quantitative estimate of drug-likeness (QED) is 0.702. The molecule has 0 saturated carbocycles. The van der Waals surface area contributed by atoms with Crippen molar-refractivity contribution < 1.29 is 4.74 Å². The van der Waals surface area contributed by atoms with Crippen molar-refractivity contribution in [2.24, 2.45) is 0 Å². The average molecular weight is 301 g/mol. The van der Waals surface area contributed by atoms with Crippen LogP contribution in [0.15, 0.2) is 30.3 Å². The molecular weight excluding hydrogens is 287 g/mol. The number of alkyl halides is 1. The zero-order valence-electron chi connectivity index (χ0n) is 10.2. The molecule has 96 valence electrons. The molecule has 0 radical (unpaired) electrons. The molecule has 18 heavy (non-hydrogen) atoms. The lowest BCUT2D eigenvalue weighted by Crippen LogP contribution is -1.96. The summed E-state index contributed by atoms with van der Waals surface area (Å²) in [6.07, 6.45) is 0.738. The Hall–Kier alpha value is -0.700. The van der Waals surface area contributed by atoms with Gasteiger partial charge in [-0.15, -0.1) is 22.9 Å². The Bertz CT molecular complexity index is 517. The van der Waals surface area contributed by atoms with E-state index in [0.29, 0.717) is 0 Å². The molecule has 0 spiro atoms. The molecule has 0 bridgehead atoms. The molecule has 2 aromatic rings. The molecule has 4 heteroatoms. The van der Waals surface area contributed by atoms with Crippen LogP contribution in [0.5, 0.6) is 5.75 Å². The van der Waals surface area contributed by atoms with Crippen LogP contribution in [0.2, 0.25) is 4.34 Å². The van der Waals surface area contributed by atoms with Crippen LogP contribution in [0.25, 0.3) is 0 Å². The second-order valence-corrected chi connectivity index (χ2v) is 6.30. The van der Waals surface area contributed by atoms with E-state index in [1.807, 2.05) is 31.2 Å². The zero-order valence-corrected chi connectivity index (χ0v) is 12.6. The monoisotopic (exact) mass is 300 g/mol. The van der Waals surface area contributed by atoms with Crippen molar-refractivity contribution >= 4 is 34.5 Å². The van der Waals surface area contributed by atoms with Gasteiger partial charge in [-0.25, -0.2) is 0 Å². The third-order valence-corrected chi connectivity index (χ3v) is 4.96. The normalized spacial score (nSPS) is 12.4. The molecule has 1 nitrogen and oxygen atoms in total. The summed E-state index contributed by atoms with van der Waals surface area (Å²) in [6.45, 7) is 2.00. The molecule has 1 atom stereocenters. The number of aryl methyl sites for hydroxylation is 1. The lowest BCUT2D eigenvalue weighted by molar-refractivity contribution is 0.409. The van der Waals surface area contributed by atoms with E-state index in [1.165, 1.54) is 0 Å². The van der Waals surface area contributed by atoms with Crippen LogP contribution in [0.3, 0.4) is 0 Å². The van der Waals surface area contributed by atoms with E-state index < -0.39 is 0 Å². The van der Waals surface area contributed by atoms with Crippen LogP contribution < -0.4 is 4.74 Å². The van der Waals surface area contributed by atoms with E-state index in [2.05, 4.69) is 6.07 Å². The van der Waals surface area contributed by atoms with Crippen molar-refractivity contribution in [1.29, 1.82) is 0 Å². The lowest BCUT2D eigenvalue weighted by atomic mass is 10.1. The van der Waals surface area contributed by atoms with Gasteiger partial charge in [0.25, 0.3) is 0 Å². The average Bonchev–Trinajstić information content (AvgIpc) is 2.70. The predicted molar refractivity (Wildman–Crippen MR) is 79.4 cm³/mol. The van der Waals surface area contributed by atoms with Gasteiger partial charge in [-0.2, -0.15) is 0 Å². The molecule has 0 N–H and O–H groups in total. The number of thiophene rings is 1. The summed E-state index contributed by atoms with van der Waals surface area (Å²) >= 11 is 14.1. The van der Waals surface area contributed by atoms with Crippen molar-refractivity contribution in [3.63, 3.8) is 0 Å². The van der Waals surface area contributed by atoms with Crippen molar-refractivity contribution in [1.82, 2.24) is 0 Å². The molecule has 1 aromatic heterocycles. The Kier molecular flexibility index (Phi) is 4.55. The Morgan fingerprint density at radius 1 is 1.33 bits per heavy atom. The summed E-state index contributed by atoms with van der Waals surface area (Å²) in [4.78, 5) is 1.10. The Morgan fingerprint density at radius 2 is 2.06 bits per heavy atom. The summed E-state index contributed by atoms with van der Waals surface area (Å²) in [5.74, 6) is 0.877. The molecule has 0 aliphatic heterocycles. The standard InChI is InChI=1S/C14H14Cl2OS/c1-9-7-13(18-14(9)16)11(15)8-10-5-3-4-6-12(10)17-2/h3-7,11H,8H2,1-2H3. The fourth-order valence-electron chi connectivity index (χ4n) is 1.80. The molecule has 0 fully saturated rings. The number of hydrogen-bond acceptors (Lipinski definition) is 2. The molecule has 1 unspecified atom stereocenters. The van der Waals surface area contributed by atoms with Crippen LogP contribution in [-0.4, -0.2) is 7.11 Å². The van der Waals surface area contributed by atoms with E-state index in [1.54, 1.807) is 18.4 Å². The molecule has 0 saturated heterocycles. The summed E-state index contributed by atoms with van der Waals surface area (Å²) < 4.78 is 6.15. The minimum atomic E-state index is -0.0718. The first-order valence-electron chi connectivity index (χ1n) is 5.63. The van der Waals surface area contributed by atoms with Crippen LogP contribution in [0, 0.1) is 6.92 Å².